The molecule has 5 heteroatoms. The Labute approximate surface area is 96.3 Å². The predicted molar refractivity (Wildman–Crippen MR) is 62.2 cm³/mol. The van der Waals surface area contributed by atoms with Gasteiger partial charge in [-0.15, -0.1) is 0 Å². The first-order chi connectivity index (χ1) is 7.60. The zero-order valence-corrected chi connectivity index (χ0v) is 10.0. The molecule has 92 valence electrons. The van der Waals surface area contributed by atoms with E-state index in [0.29, 0.717) is 13.1 Å². The van der Waals surface area contributed by atoms with E-state index in [0.717, 1.165) is 19.3 Å². The van der Waals surface area contributed by atoms with Gasteiger partial charge in [-0.3, -0.25) is 4.79 Å². The molecular formula is C11H21N3O2. The third-order valence-electron chi connectivity index (χ3n) is 3.37. The number of piperidine rings is 1. The van der Waals surface area contributed by atoms with Crippen molar-refractivity contribution < 1.29 is 10.0 Å². The van der Waals surface area contributed by atoms with Crippen LogP contribution in [0.4, 0.5) is 0 Å². The molecule has 1 unspecified atom stereocenters. The van der Waals surface area contributed by atoms with Gasteiger partial charge in [0.15, 0.2) is 0 Å². The Bertz CT molecular complexity index is 270. The standard InChI is InChI=1S/C11H21N3O2/c1-3-8(2)11(15)14-6-4-9(5-7-14)10(12)13-16/h8-9,16H,3-7H2,1-2H3,(H2,12,13). The highest BCUT2D eigenvalue weighted by Gasteiger charge is 2.26. The Morgan fingerprint density at radius 1 is 1.56 bits per heavy atom. The second-order valence-electron chi connectivity index (χ2n) is 4.43. The van der Waals surface area contributed by atoms with E-state index in [1.54, 1.807) is 0 Å². The minimum absolute atomic E-state index is 0.0976. The van der Waals surface area contributed by atoms with Gasteiger partial charge in [-0.05, 0) is 19.3 Å². The number of hydrogen-bond acceptors (Lipinski definition) is 3. The van der Waals surface area contributed by atoms with Crippen LogP contribution in [0.15, 0.2) is 5.16 Å². The topological polar surface area (TPSA) is 78.9 Å². The fraction of sp³-hybridized carbons (Fsp3) is 0.818. The van der Waals surface area contributed by atoms with Crippen molar-refractivity contribution in [3.05, 3.63) is 0 Å². The lowest BCUT2D eigenvalue weighted by Gasteiger charge is -2.32. The molecule has 1 saturated heterocycles. The molecule has 0 aromatic heterocycles. The van der Waals surface area contributed by atoms with E-state index >= 15 is 0 Å². The summed E-state index contributed by atoms with van der Waals surface area (Å²) in [5.41, 5.74) is 5.55. The molecule has 0 aliphatic carbocycles. The van der Waals surface area contributed by atoms with Gasteiger partial charge in [0, 0.05) is 24.9 Å². The molecule has 0 spiro atoms. The molecule has 1 amide bonds. The van der Waals surface area contributed by atoms with Crippen molar-refractivity contribution in [2.45, 2.75) is 33.1 Å². The van der Waals surface area contributed by atoms with Gasteiger partial charge in [0.05, 0.1) is 0 Å². The van der Waals surface area contributed by atoms with E-state index in [4.69, 9.17) is 10.9 Å². The van der Waals surface area contributed by atoms with Crippen molar-refractivity contribution in [2.24, 2.45) is 22.7 Å². The van der Waals surface area contributed by atoms with Gasteiger partial charge in [-0.25, -0.2) is 0 Å². The molecule has 1 fully saturated rings. The molecule has 0 radical (unpaired) electrons. The van der Waals surface area contributed by atoms with E-state index in [2.05, 4.69) is 5.16 Å². The number of hydrogen-bond donors (Lipinski definition) is 2. The van der Waals surface area contributed by atoms with Crippen LogP contribution in [0.1, 0.15) is 33.1 Å². The van der Waals surface area contributed by atoms with Crippen LogP contribution in [0, 0.1) is 11.8 Å². The van der Waals surface area contributed by atoms with Gasteiger partial charge in [0.1, 0.15) is 5.84 Å². The van der Waals surface area contributed by atoms with E-state index < -0.39 is 0 Å². The number of nitrogens with zero attached hydrogens (tertiary/aromatic N) is 2. The van der Waals surface area contributed by atoms with Crippen LogP contribution in [0.3, 0.4) is 0 Å². The smallest absolute Gasteiger partial charge is 0.225 e. The summed E-state index contributed by atoms with van der Waals surface area (Å²) in [4.78, 5) is 13.8. The zero-order chi connectivity index (χ0) is 12.1. The summed E-state index contributed by atoms with van der Waals surface area (Å²) < 4.78 is 0. The number of amidine groups is 1. The normalized spacial score (nSPS) is 20.9. The fourth-order valence-corrected chi connectivity index (χ4v) is 1.96. The van der Waals surface area contributed by atoms with Crippen LogP contribution in [-0.4, -0.2) is 34.9 Å². The van der Waals surface area contributed by atoms with Gasteiger partial charge in [0.2, 0.25) is 5.91 Å². The molecule has 1 heterocycles. The molecule has 0 aromatic rings. The monoisotopic (exact) mass is 227 g/mol. The molecule has 5 nitrogen and oxygen atoms in total. The van der Waals surface area contributed by atoms with Crippen molar-refractivity contribution in [1.82, 2.24) is 4.90 Å². The summed E-state index contributed by atoms with van der Waals surface area (Å²) in [7, 11) is 0. The molecule has 0 saturated carbocycles. The van der Waals surface area contributed by atoms with Crippen molar-refractivity contribution in [1.29, 1.82) is 0 Å². The highest BCUT2D eigenvalue weighted by Crippen LogP contribution is 2.19. The van der Waals surface area contributed by atoms with Crippen LogP contribution in [0.2, 0.25) is 0 Å². The summed E-state index contributed by atoms with van der Waals surface area (Å²) >= 11 is 0. The SMILES string of the molecule is CCC(C)C(=O)N1CCC(C(N)=NO)CC1. The number of oxime groups is 1. The van der Waals surface area contributed by atoms with Gasteiger partial charge < -0.3 is 15.8 Å². The van der Waals surface area contributed by atoms with Crippen LogP contribution in [0.25, 0.3) is 0 Å². The number of nitrogens with two attached hydrogens (primary N) is 1. The molecule has 1 aliphatic heterocycles. The molecule has 0 bridgehead atoms. The number of amides is 1. The summed E-state index contributed by atoms with van der Waals surface area (Å²) in [6, 6.07) is 0. The lowest BCUT2D eigenvalue weighted by Crippen LogP contribution is -2.43. The molecule has 3 N–H and O–H groups in total. The summed E-state index contributed by atoms with van der Waals surface area (Å²) in [6.07, 6.45) is 2.45. The van der Waals surface area contributed by atoms with Crippen LogP contribution in [0.5, 0.6) is 0 Å². The van der Waals surface area contributed by atoms with Gasteiger partial charge in [-0.2, -0.15) is 0 Å². The second kappa shape index (κ2) is 5.72. The Morgan fingerprint density at radius 2 is 2.12 bits per heavy atom. The lowest BCUT2D eigenvalue weighted by atomic mass is 9.94. The quantitative estimate of drug-likeness (QED) is 0.327. The van der Waals surface area contributed by atoms with Crippen LogP contribution < -0.4 is 5.73 Å². The Morgan fingerprint density at radius 3 is 2.56 bits per heavy atom. The van der Waals surface area contributed by atoms with Crippen molar-refractivity contribution in [3.63, 3.8) is 0 Å². The maximum absolute atomic E-state index is 11.9. The van der Waals surface area contributed by atoms with Crippen molar-refractivity contribution >= 4 is 11.7 Å². The first kappa shape index (κ1) is 12.8. The Balaban J connectivity index is 2.46. The van der Waals surface area contributed by atoms with Gasteiger partial charge in [0.25, 0.3) is 0 Å². The summed E-state index contributed by atoms with van der Waals surface area (Å²) in [5.74, 6) is 0.725. The fourth-order valence-electron chi connectivity index (χ4n) is 1.96. The molecule has 1 atom stereocenters. The molecular weight excluding hydrogens is 206 g/mol. The van der Waals surface area contributed by atoms with Crippen LogP contribution in [-0.2, 0) is 4.79 Å². The first-order valence-corrected chi connectivity index (χ1v) is 5.86. The van der Waals surface area contributed by atoms with Crippen molar-refractivity contribution in [3.8, 4) is 0 Å². The van der Waals surface area contributed by atoms with E-state index in [1.807, 2.05) is 18.7 Å². The Kier molecular flexibility index (Phi) is 4.58. The van der Waals surface area contributed by atoms with Crippen molar-refractivity contribution in [2.75, 3.05) is 13.1 Å². The third-order valence-corrected chi connectivity index (χ3v) is 3.37. The second-order valence-corrected chi connectivity index (χ2v) is 4.43. The number of likely N-dealkylation sites (tertiary alicyclic amines) is 1. The first-order valence-electron chi connectivity index (χ1n) is 5.86. The minimum atomic E-state index is 0.0976. The largest absolute Gasteiger partial charge is 0.409 e. The number of carbonyl (C=O) groups is 1. The number of rotatable bonds is 3. The third kappa shape index (κ3) is 2.87. The summed E-state index contributed by atoms with van der Waals surface area (Å²) in [5, 5.41) is 11.6. The van der Waals surface area contributed by atoms with E-state index in [9.17, 15) is 4.79 Å². The zero-order valence-electron chi connectivity index (χ0n) is 10.0. The van der Waals surface area contributed by atoms with Gasteiger partial charge in [-0.1, -0.05) is 19.0 Å². The summed E-state index contributed by atoms with van der Waals surface area (Å²) in [6.45, 7) is 5.40. The molecule has 1 rings (SSSR count). The molecule has 16 heavy (non-hydrogen) atoms. The molecule has 1 aliphatic rings. The highest BCUT2D eigenvalue weighted by atomic mass is 16.4. The van der Waals surface area contributed by atoms with Gasteiger partial charge >= 0.3 is 0 Å². The maximum Gasteiger partial charge on any atom is 0.225 e. The number of carbonyl (C=O) groups excluding carboxylic acids is 1. The highest BCUT2D eigenvalue weighted by molar-refractivity contribution is 5.83. The van der Waals surface area contributed by atoms with E-state index in [1.165, 1.54) is 0 Å². The minimum Gasteiger partial charge on any atom is -0.409 e. The average molecular weight is 227 g/mol. The predicted octanol–water partition coefficient (Wildman–Crippen LogP) is 1.02. The average Bonchev–Trinajstić information content (AvgIpc) is 2.36. The lowest BCUT2D eigenvalue weighted by molar-refractivity contribution is -0.136. The Hall–Kier alpha value is -1.26. The maximum atomic E-state index is 11.9. The molecule has 0 aromatic carbocycles. The van der Waals surface area contributed by atoms with E-state index in [-0.39, 0.29) is 23.6 Å². The van der Waals surface area contributed by atoms with Crippen LogP contribution >= 0.6 is 0 Å².